The van der Waals surface area contributed by atoms with Crippen molar-refractivity contribution in [2.24, 2.45) is 0 Å². The molecule has 0 saturated carbocycles. The predicted molar refractivity (Wildman–Crippen MR) is 153 cm³/mol. The van der Waals surface area contributed by atoms with Gasteiger partial charge in [-0.25, -0.2) is 4.98 Å². The number of amides is 1. The van der Waals surface area contributed by atoms with E-state index in [4.69, 9.17) is 29.7 Å². The van der Waals surface area contributed by atoms with E-state index < -0.39 is 0 Å². The summed E-state index contributed by atoms with van der Waals surface area (Å²) in [6.07, 6.45) is 0. The van der Waals surface area contributed by atoms with E-state index in [9.17, 15) is 4.79 Å². The number of rotatable bonds is 6. The van der Waals surface area contributed by atoms with Crippen molar-refractivity contribution in [2.75, 3.05) is 38.5 Å². The van der Waals surface area contributed by atoms with E-state index in [0.29, 0.717) is 62.7 Å². The lowest BCUT2D eigenvalue weighted by Crippen LogP contribution is -2.16. The molecule has 0 radical (unpaired) electrons. The number of aromatic nitrogens is 1. The monoisotopic (exact) mass is 539 g/mol. The molecule has 39 heavy (non-hydrogen) atoms. The molecule has 3 heterocycles. The Morgan fingerprint density at radius 1 is 0.923 bits per heavy atom. The Balaban J connectivity index is 1.49. The first-order valence-corrected chi connectivity index (χ1v) is 13.1. The first-order valence-electron chi connectivity index (χ1n) is 12.3. The Morgan fingerprint density at radius 3 is 2.49 bits per heavy atom. The number of ether oxygens (including phenoxy) is 4. The lowest BCUT2D eigenvalue weighted by atomic mass is 9.98. The van der Waals surface area contributed by atoms with Gasteiger partial charge in [-0.3, -0.25) is 4.79 Å². The maximum atomic E-state index is 13.5. The maximum Gasteiger partial charge on any atom is 0.267 e. The molecule has 0 atom stereocenters. The van der Waals surface area contributed by atoms with Crippen LogP contribution in [0.25, 0.3) is 32.6 Å². The number of methoxy groups -OCH3 is 2. The van der Waals surface area contributed by atoms with Gasteiger partial charge in [0, 0.05) is 33.8 Å². The molecule has 0 saturated heterocycles. The number of nitrogens with one attached hydrogen (secondary N) is 1. The summed E-state index contributed by atoms with van der Waals surface area (Å²) < 4.78 is 22.5. The number of fused-ring (bicyclic) bond motifs is 2. The van der Waals surface area contributed by atoms with Gasteiger partial charge in [0.05, 0.1) is 25.6 Å². The summed E-state index contributed by atoms with van der Waals surface area (Å²) in [6, 6.07) is 22.8. The molecule has 3 N–H and O–H groups in total. The number of pyridine rings is 1. The summed E-state index contributed by atoms with van der Waals surface area (Å²) in [5, 5.41) is 3.62. The zero-order chi connectivity index (χ0) is 26.9. The minimum Gasteiger partial charge on any atom is -0.493 e. The van der Waals surface area contributed by atoms with E-state index in [0.717, 1.165) is 22.4 Å². The van der Waals surface area contributed by atoms with E-state index in [1.54, 1.807) is 32.4 Å². The Hall–Kier alpha value is -4.76. The van der Waals surface area contributed by atoms with Crippen molar-refractivity contribution in [1.82, 2.24) is 4.98 Å². The average molecular weight is 540 g/mol. The molecule has 1 aliphatic heterocycles. The highest BCUT2D eigenvalue weighted by Gasteiger charge is 2.24. The summed E-state index contributed by atoms with van der Waals surface area (Å²) in [5.41, 5.74) is 10.9. The van der Waals surface area contributed by atoms with Gasteiger partial charge in [-0.1, -0.05) is 42.5 Å². The molecule has 0 fully saturated rings. The fourth-order valence-corrected chi connectivity index (χ4v) is 5.68. The number of hydrogen-bond acceptors (Lipinski definition) is 8. The molecule has 5 aromatic rings. The Kier molecular flexibility index (Phi) is 6.42. The highest BCUT2D eigenvalue weighted by Crippen LogP contribution is 2.46. The van der Waals surface area contributed by atoms with Crippen molar-refractivity contribution in [1.29, 1.82) is 0 Å². The molecule has 6 rings (SSSR count). The highest BCUT2D eigenvalue weighted by atomic mass is 32.1. The number of carbonyl (C=O) groups is 1. The van der Waals surface area contributed by atoms with Gasteiger partial charge in [-0.05, 0) is 24.3 Å². The smallest absolute Gasteiger partial charge is 0.267 e. The molecule has 1 amide bonds. The van der Waals surface area contributed by atoms with Crippen LogP contribution in [0.3, 0.4) is 0 Å². The molecule has 0 bridgehead atoms. The number of thiophene rings is 1. The molecule has 0 spiro atoms. The molecule has 196 valence electrons. The predicted octanol–water partition coefficient (Wildman–Crippen LogP) is 6.25. The van der Waals surface area contributed by atoms with Crippen LogP contribution in [-0.4, -0.2) is 38.3 Å². The van der Waals surface area contributed by atoms with Gasteiger partial charge in [0.25, 0.3) is 5.91 Å². The summed E-state index contributed by atoms with van der Waals surface area (Å²) in [5.74, 6) is 2.06. The standard InChI is InChI=1S/C30H25N3O5S/c1-35-23-10-6-9-19(27(23)36-2)20-16-21(17-7-4-3-5-8-17)33-30-25(20)26(31)28(39-30)29(34)32-18-11-12-22-24(15-18)38-14-13-37-22/h3-12,15-16H,13-14,31H2,1-2H3,(H,32,34). The van der Waals surface area contributed by atoms with Gasteiger partial charge in [-0.2, -0.15) is 0 Å². The number of nitrogens with two attached hydrogens (primary N) is 1. The number of carbonyl (C=O) groups excluding carboxylic acids is 1. The third kappa shape index (κ3) is 4.46. The van der Waals surface area contributed by atoms with Crippen molar-refractivity contribution in [3.63, 3.8) is 0 Å². The van der Waals surface area contributed by atoms with Crippen LogP contribution in [0.1, 0.15) is 9.67 Å². The molecule has 0 aliphatic carbocycles. The molecule has 9 heteroatoms. The minimum absolute atomic E-state index is 0.336. The fourth-order valence-electron chi connectivity index (χ4n) is 4.67. The van der Waals surface area contributed by atoms with E-state index in [1.807, 2.05) is 54.6 Å². The van der Waals surface area contributed by atoms with E-state index in [1.165, 1.54) is 11.3 Å². The molecular weight excluding hydrogens is 514 g/mol. The Labute approximate surface area is 228 Å². The number of hydrogen-bond donors (Lipinski definition) is 2. The van der Waals surface area contributed by atoms with Crippen LogP contribution < -0.4 is 30.0 Å². The van der Waals surface area contributed by atoms with Crippen LogP contribution in [0.5, 0.6) is 23.0 Å². The lowest BCUT2D eigenvalue weighted by molar-refractivity contribution is 0.103. The fraction of sp³-hybridized carbons (Fsp3) is 0.133. The molecule has 8 nitrogen and oxygen atoms in total. The SMILES string of the molecule is COc1cccc(-c2cc(-c3ccccc3)nc3sc(C(=O)Nc4ccc5c(c4)OCCO5)c(N)c23)c1OC. The van der Waals surface area contributed by atoms with Crippen molar-refractivity contribution in [3.05, 3.63) is 77.7 Å². The molecule has 1 aliphatic rings. The number of benzene rings is 3. The summed E-state index contributed by atoms with van der Waals surface area (Å²) >= 11 is 1.24. The van der Waals surface area contributed by atoms with Crippen LogP contribution in [0.15, 0.2) is 72.8 Å². The molecule has 0 unspecified atom stereocenters. The number of anilines is 2. The largest absolute Gasteiger partial charge is 0.493 e. The van der Waals surface area contributed by atoms with Gasteiger partial charge in [0.1, 0.15) is 22.9 Å². The Bertz CT molecular complexity index is 1700. The van der Waals surface area contributed by atoms with E-state index >= 15 is 0 Å². The first-order chi connectivity index (χ1) is 19.1. The van der Waals surface area contributed by atoms with E-state index in [2.05, 4.69) is 5.32 Å². The number of nitrogens with zero attached hydrogens (tertiary/aromatic N) is 1. The van der Waals surface area contributed by atoms with Gasteiger partial charge >= 0.3 is 0 Å². The third-order valence-electron chi connectivity index (χ3n) is 6.47. The zero-order valence-corrected chi connectivity index (χ0v) is 22.1. The van der Waals surface area contributed by atoms with Crippen LogP contribution in [0.2, 0.25) is 0 Å². The second-order valence-corrected chi connectivity index (χ2v) is 9.80. The third-order valence-corrected chi connectivity index (χ3v) is 7.57. The summed E-state index contributed by atoms with van der Waals surface area (Å²) in [7, 11) is 3.19. The van der Waals surface area contributed by atoms with E-state index in [-0.39, 0.29) is 5.91 Å². The van der Waals surface area contributed by atoms with Crippen molar-refractivity contribution in [3.8, 4) is 45.4 Å². The second-order valence-electron chi connectivity index (χ2n) is 8.80. The van der Waals surface area contributed by atoms with Crippen LogP contribution in [0.4, 0.5) is 11.4 Å². The first kappa shape index (κ1) is 24.6. The summed E-state index contributed by atoms with van der Waals surface area (Å²) in [6.45, 7) is 0.953. The van der Waals surface area contributed by atoms with Crippen LogP contribution in [-0.2, 0) is 0 Å². The molecular formula is C30H25N3O5S. The summed E-state index contributed by atoms with van der Waals surface area (Å²) in [4.78, 5) is 19.4. The molecule has 2 aromatic heterocycles. The number of nitrogen functional groups attached to an aromatic ring is 1. The quantitative estimate of drug-likeness (QED) is 0.263. The van der Waals surface area contributed by atoms with Crippen molar-refractivity contribution < 1.29 is 23.7 Å². The average Bonchev–Trinajstić information content (AvgIpc) is 3.32. The van der Waals surface area contributed by atoms with Gasteiger partial charge in [-0.15, -0.1) is 11.3 Å². The molecule has 3 aromatic carbocycles. The normalized spacial score (nSPS) is 12.3. The van der Waals surface area contributed by atoms with Gasteiger partial charge in [0.2, 0.25) is 0 Å². The van der Waals surface area contributed by atoms with Gasteiger partial charge in [0.15, 0.2) is 23.0 Å². The zero-order valence-electron chi connectivity index (χ0n) is 21.3. The highest BCUT2D eigenvalue weighted by molar-refractivity contribution is 7.21. The van der Waals surface area contributed by atoms with Crippen molar-refractivity contribution in [2.45, 2.75) is 0 Å². The maximum absolute atomic E-state index is 13.5. The van der Waals surface area contributed by atoms with Crippen LogP contribution in [0, 0.1) is 0 Å². The minimum atomic E-state index is -0.336. The number of para-hydroxylation sites is 1. The second kappa shape index (κ2) is 10.2. The lowest BCUT2D eigenvalue weighted by Gasteiger charge is -2.18. The topological polar surface area (TPSA) is 105 Å². The van der Waals surface area contributed by atoms with Gasteiger partial charge < -0.3 is 30.0 Å². The Morgan fingerprint density at radius 2 is 1.72 bits per heavy atom. The van der Waals surface area contributed by atoms with Crippen LogP contribution >= 0.6 is 11.3 Å². The van der Waals surface area contributed by atoms with Crippen molar-refractivity contribution >= 4 is 38.8 Å².